The van der Waals surface area contributed by atoms with Crippen LogP contribution in [0.3, 0.4) is 0 Å². The molecule has 0 aliphatic heterocycles. The van der Waals surface area contributed by atoms with Crippen molar-refractivity contribution in [2.45, 2.75) is 32.2 Å². The number of hydrogen-bond acceptors (Lipinski definition) is 2. The van der Waals surface area contributed by atoms with Gasteiger partial charge in [-0.3, -0.25) is 0 Å². The third-order valence-corrected chi connectivity index (χ3v) is 4.46. The van der Waals surface area contributed by atoms with Gasteiger partial charge in [0.05, 0.1) is 0 Å². The molecule has 17 heavy (non-hydrogen) atoms. The topological polar surface area (TPSA) is 12.0 Å². The molecule has 1 aliphatic carbocycles. The molecule has 0 radical (unpaired) electrons. The molecule has 90 valence electrons. The first kappa shape index (κ1) is 11.2. The zero-order valence-electron chi connectivity index (χ0n) is 9.92. The lowest BCUT2D eigenvalue weighted by Crippen LogP contribution is -2.11. The first-order valence-corrected chi connectivity index (χ1v) is 7.02. The first-order valence-electron chi connectivity index (χ1n) is 6.21. The van der Waals surface area contributed by atoms with Crippen molar-refractivity contribution < 1.29 is 4.39 Å². The first-order chi connectivity index (χ1) is 8.29. The third kappa shape index (κ3) is 2.09. The number of nitrogens with one attached hydrogen (secondary N) is 1. The molecule has 3 rings (SSSR count). The SMILES string of the molecule is CCNCc1sc2cc(F)ccc2c1C1CC1. The number of rotatable bonds is 4. The van der Waals surface area contributed by atoms with Crippen LogP contribution in [0.5, 0.6) is 0 Å². The minimum absolute atomic E-state index is 0.129. The van der Waals surface area contributed by atoms with Gasteiger partial charge < -0.3 is 5.32 Å². The average molecular weight is 249 g/mol. The molecule has 0 amide bonds. The van der Waals surface area contributed by atoms with E-state index in [-0.39, 0.29) is 5.82 Å². The molecule has 1 N–H and O–H groups in total. The highest BCUT2D eigenvalue weighted by Crippen LogP contribution is 2.47. The van der Waals surface area contributed by atoms with Crippen molar-refractivity contribution in [3.63, 3.8) is 0 Å². The van der Waals surface area contributed by atoms with Gasteiger partial charge in [-0.2, -0.15) is 0 Å². The number of fused-ring (bicyclic) bond motifs is 1. The van der Waals surface area contributed by atoms with E-state index in [0.717, 1.165) is 23.7 Å². The standard InChI is InChI=1S/C14H16FNS/c1-2-16-8-13-14(9-3-4-9)11-6-5-10(15)7-12(11)17-13/h5-7,9,16H,2-4,8H2,1H3. The van der Waals surface area contributed by atoms with E-state index in [4.69, 9.17) is 0 Å². The van der Waals surface area contributed by atoms with E-state index >= 15 is 0 Å². The lowest BCUT2D eigenvalue weighted by Gasteiger charge is -2.03. The Morgan fingerprint density at radius 3 is 2.94 bits per heavy atom. The highest BCUT2D eigenvalue weighted by atomic mass is 32.1. The maximum Gasteiger partial charge on any atom is 0.124 e. The van der Waals surface area contributed by atoms with E-state index in [1.54, 1.807) is 23.5 Å². The van der Waals surface area contributed by atoms with Crippen molar-refractivity contribution >= 4 is 21.4 Å². The predicted octanol–water partition coefficient (Wildman–Crippen LogP) is 4.03. The lowest BCUT2D eigenvalue weighted by atomic mass is 10.1. The molecule has 0 unspecified atom stereocenters. The van der Waals surface area contributed by atoms with Crippen LogP contribution in [0, 0.1) is 5.82 Å². The van der Waals surface area contributed by atoms with E-state index in [1.165, 1.54) is 28.7 Å². The molecule has 1 saturated carbocycles. The number of thiophene rings is 1. The fraction of sp³-hybridized carbons (Fsp3) is 0.429. The molecule has 0 saturated heterocycles. The van der Waals surface area contributed by atoms with Crippen LogP contribution in [0.15, 0.2) is 18.2 Å². The molecule has 0 spiro atoms. The molecular weight excluding hydrogens is 233 g/mol. The average Bonchev–Trinajstić information content (AvgIpc) is 3.08. The quantitative estimate of drug-likeness (QED) is 0.862. The molecule has 1 fully saturated rings. The maximum absolute atomic E-state index is 13.2. The van der Waals surface area contributed by atoms with Crippen LogP contribution in [0.25, 0.3) is 10.1 Å². The van der Waals surface area contributed by atoms with Gasteiger partial charge in [0.15, 0.2) is 0 Å². The highest BCUT2D eigenvalue weighted by molar-refractivity contribution is 7.19. The summed E-state index contributed by atoms with van der Waals surface area (Å²) in [5, 5.41) is 4.65. The fourth-order valence-corrected chi connectivity index (χ4v) is 3.62. The molecule has 1 heterocycles. The Kier molecular flexibility index (Phi) is 2.89. The van der Waals surface area contributed by atoms with Gasteiger partial charge in [0, 0.05) is 16.1 Å². The molecular formula is C14H16FNS. The Morgan fingerprint density at radius 1 is 1.41 bits per heavy atom. The number of hydrogen-bond donors (Lipinski definition) is 1. The minimum Gasteiger partial charge on any atom is -0.312 e. The predicted molar refractivity (Wildman–Crippen MR) is 71.1 cm³/mol. The summed E-state index contributed by atoms with van der Waals surface area (Å²) in [6.45, 7) is 4.01. The van der Waals surface area contributed by atoms with Gasteiger partial charge in [-0.15, -0.1) is 11.3 Å². The monoisotopic (exact) mass is 249 g/mol. The zero-order valence-corrected chi connectivity index (χ0v) is 10.7. The summed E-state index contributed by atoms with van der Waals surface area (Å²) >= 11 is 1.74. The molecule has 1 aromatic heterocycles. The Bertz CT molecular complexity index is 542. The number of halogens is 1. The van der Waals surface area contributed by atoms with Crippen molar-refractivity contribution in [1.82, 2.24) is 5.32 Å². The molecule has 3 heteroatoms. The summed E-state index contributed by atoms with van der Waals surface area (Å²) in [5.74, 6) is 0.596. The van der Waals surface area contributed by atoms with Crippen molar-refractivity contribution in [3.8, 4) is 0 Å². The summed E-state index contributed by atoms with van der Waals surface area (Å²) in [4.78, 5) is 1.40. The van der Waals surface area contributed by atoms with Gasteiger partial charge in [-0.25, -0.2) is 4.39 Å². The third-order valence-electron chi connectivity index (χ3n) is 3.29. The van der Waals surface area contributed by atoms with Crippen molar-refractivity contribution in [1.29, 1.82) is 0 Å². The lowest BCUT2D eigenvalue weighted by molar-refractivity contribution is 0.630. The van der Waals surface area contributed by atoms with Crippen molar-refractivity contribution in [2.24, 2.45) is 0 Å². The maximum atomic E-state index is 13.2. The van der Waals surface area contributed by atoms with Crippen LogP contribution in [-0.2, 0) is 6.54 Å². The zero-order chi connectivity index (χ0) is 11.8. The van der Waals surface area contributed by atoms with Crippen molar-refractivity contribution in [3.05, 3.63) is 34.5 Å². The number of benzene rings is 1. The molecule has 1 aliphatic rings. The molecule has 1 aromatic carbocycles. The molecule has 2 aromatic rings. The van der Waals surface area contributed by atoms with E-state index in [9.17, 15) is 4.39 Å². The van der Waals surface area contributed by atoms with Gasteiger partial charge in [-0.1, -0.05) is 13.0 Å². The van der Waals surface area contributed by atoms with E-state index in [2.05, 4.69) is 12.2 Å². The second-order valence-electron chi connectivity index (χ2n) is 4.63. The summed E-state index contributed by atoms with van der Waals surface area (Å²) < 4.78 is 14.3. The van der Waals surface area contributed by atoms with Crippen LogP contribution in [0.2, 0.25) is 0 Å². The normalized spacial score (nSPS) is 15.6. The van der Waals surface area contributed by atoms with E-state index < -0.39 is 0 Å². The van der Waals surface area contributed by atoms with Crippen LogP contribution in [0.4, 0.5) is 4.39 Å². The fourth-order valence-electron chi connectivity index (χ4n) is 2.33. The Balaban J connectivity index is 2.09. The van der Waals surface area contributed by atoms with Gasteiger partial charge in [-0.05, 0) is 48.4 Å². The van der Waals surface area contributed by atoms with Crippen LogP contribution in [0.1, 0.15) is 36.1 Å². The second-order valence-corrected chi connectivity index (χ2v) is 5.77. The van der Waals surface area contributed by atoms with E-state index in [0.29, 0.717) is 0 Å². The van der Waals surface area contributed by atoms with Gasteiger partial charge in [0.2, 0.25) is 0 Å². The Hall–Kier alpha value is -0.930. The summed E-state index contributed by atoms with van der Waals surface area (Å²) in [5.41, 5.74) is 1.48. The minimum atomic E-state index is -0.129. The Labute approximate surface area is 105 Å². The summed E-state index contributed by atoms with van der Waals surface area (Å²) in [7, 11) is 0. The molecule has 0 bridgehead atoms. The van der Waals surface area contributed by atoms with Crippen molar-refractivity contribution in [2.75, 3.05) is 6.54 Å². The van der Waals surface area contributed by atoms with Gasteiger partial charge in [0.25, 0.3) is 0 Å². The molecule has 0 atom stereocenters. The summed E-state index contributed by atoms with van der Waals surface area (Å²) in [6, 6.07) is 5.20. The van der Waals surface area contributed by atoms with E-state index in [1.807, 2.05) is 6.07 Å². The van der Waals surface area contributed by atoms with Gasteiger partial charge >= 0.3 is 0 Å². The summed E-state index contributed by atoms with van der Waals surface area (Å²) in [6.07, 6.45) is 2.59. The second kappa shape index (κ2) is 4.39. The molecule has 1 nitrogen and oxygen atoms in total. The smallest absolute Gasteiger partial charge is 0.124 e. The van der Waals surface area contributed by atoms with Crippen LogP contribution in [-0.4, -0.2) is 6.54 Å². The van der Waals surface area contributed by atoms with Crippen LogP contribution < -0.4 is 5.32 Å². The van der Waals surface area contributed by atoms with Crippen LogP contribution >= 0.6 is 11.3 Å². The highest BCUT2D eigenvalue weighted by Gasteiger charge is 2.29. The Morgan fingerprint density at radius 2 is 2.24 bits per heavy atom. The largest absolute Gasteiger partial charge is 0.312 e. The van der Waals surface area contributed by atoms with Gasteiger partial charge in [0.1, 0.15) is 5.82 Å².